The SMILES string of the molecule is CC1(C)Oc2ccccc2C1NCCN1CCCCCC1. The van der Waals surface area contributed by atoms with Crippen LogP contribution in [0, 0.1) is 0 Å². The van der Waals surface area contributed by atoms with Gasteiger partial charge in [-0.2, -0.15) is 0 Å². The summed E-state index contributed by atoms with van der Waals surface area (Å²) in [6.45, 7) is 9.07. The first-order valence-electron chi connectivity index (χ1n) is 8.40. The lowest BCUT2D eigenvalue weighted by Gasteiger charge is -2.28. The molecular formula is C18H28N2O. The third-order valence-electron chi connectivity index (χ3n) is 4.77. The summed E-state index contributed by atoms with van der Waals surface area (Å²) in [5, 5.41) is 3.73. The summed E-state index contributed by atoms with van der Waals surface area (Å²) in [4.78, 5) is 2.61. The number of likely N-dealkylation sites (tertiary alicyclic amines) is 1. The fourth-order valence-electron chi connectivity index (χ4n) is 3.61. The monoisotopic (exact) mass is 288 g/mol. The first-order valence-corrected chi connectivity index (χ1v) is 8.40. The highest BCUT2D eigenvalue weighted by atomic mass is 16.5. The number of hydrogen-bond acceptors (Lipinski definition) is 3. The van der Waals surface area contributed by atoms with Crippen LogP contribution in [0.15, 0.2) is 24.3 Å². The van der Waals surface area contributed by atoms with Crippen LogP contribution in [0.25, 0.3) is 0 Å². The van der Waals surface area contributed by atoms with Crippen molar-refractivity contribution in [3.8, 4) is 5.75 Å². The van der Waals surface area contributed by atoms with E-state index in [-0.39, 0.29) is 5.60 Å². The van der Waals surface area contributed by atoms with E-state index >= 15 is 0 Å². The van der Waals surface area contributed by atoms with Gasteiger partial charge in [0.25, 0.3) is 0 Å². The molecule has 2 heterocycles. The molecule has 1 N–H and O–H groups in total. The van der Waals surface area contributed by atoms with Gasteiger partial charge in [-0.1, -0.05) is 31.0 Å². The largest absolute Gasteiger partial charge is 0.486 e. The van der Waals surface area contributed by atoms with Crippen LogP contribution in [-0.4, -0.2) is 36.7 Å². The minimum absolute atomic E-state index is 0.164. The Labute approximate surface area is 128 Å². The van der Waals surface area contributed by atoms with Gasteiger partial charge >= 0.3 is 0 Å². The van der Waals surface area contributed by atoms with Crippen LogP contribution < -0.4 is 10.1 Å². The van der Waals surface area contributed by atoms with Crippen LogP contribution in [0.1, 0.15) is 51.1 Å². The number of hydrogen-bond donors (Lipinski definition) is 1. The van der Waals surface area contributed by atoms with Crippen molar-refractivity contribution in [3.63, 3.8) is 0 Å². The second-order valence-corrected chi connectivity index (χ2v) is 6.89. The molecule has 1 atom stereocenters. The first-order chi connectivity index (χ1) is 10.2. The van der Waals surface area contributed by atoms with Gasteiger partial charge < -0.3 is 15.0 Å². The Morgan fingerprint density at radius 3 is 2.62 bits per heavy atom. The molecule has 3 nitrogen and oxygen atoms in total. The molecule has 2 aliphatic rings. The normalized spacial score (nSPS) is 25.1. The van der Waals surface area contributed by atoms with Crippen LogP contribution >= 0.6 is 0 Å². The molecular weight excluding hydrogens is 260 g/mol. The van der Waals surface area contributed by atoms with Gasteiger partial charge in [-0.05, 0) is 45.8 Å². The highest BCUT2D eigenvalue weighted by molar-refractivity contribution is 5.42. The minimum atomic E-state index is -0.164. The number of benzene rings is 1. The predicted octanol–water partition coefficient (Wildman–Crippen LogP) is 3.36. The molecule has 0 aliphatic carbocycles. The van der Waals surface area contributed by atoms with Crippen molar-refractivity contribution in [1.82, 2.24) is 10.2 Å². The predicted molar refractivity (Wildman–Crippen MR) is 86.8 cm³/mol. The van der Waals surface area contributed by atoms with Crippen LogP contribution in [0.4, 0.5) is 0 Å². The Morgan fingerprint density at radius 1 is 1.14 bits per heavy atom. The zero-order chi connectivity index (χ0) is 14.7. The van der Waals surface area contributed by atoms with E-state index in [2.05, 4.69) is 48.3 Å². The zero-order valence-electron chi connectivity index (χ0n) is 13.4. The van der Waals surface area contributed by atoms with Crippen molar-refractivity contribution < 1.29 is 4.74 Å². The fraction of sp³-hybridized carbons (Fsp3) is 0.667. The molecule has 0 bridgehead atoms. The van der Waals surface area contributed by atoms with Crippen molar-refractivity contribution in [1.29, 1.82) is 0 Å². The number of nitrogens with one attached hydrogen (secondary N) is 1. The van der Waals surface area contributed by atoms with E-state index in [9.17, 15) is 0 Å². The van der Waals surface area contributed by atoms with E-state index < -0.39 is 0 Å². The maximum atomic E-state index is 6.09. The Morgan fingerprint density at radius 2 is 1.86 bits per heavy atom. The van der Waals surface area contributed by atoms with E-state index in [0.717, 1.165) is 18.8 Å². The van der Waals surface area contributed by atoms with Gasteiger partial charge in [0.15, 0.2) is 0 Å². The topological polar surface area (TPSA) is 24.5 Å². The molecule has 3 rings (SSSR count). The van der Waals surface area contributed by atoms with Gasteiger partial charge in [0.1, 0.15) is 11.4 Å². The molecule has 1 saturated heterocycles. The summed E-state index contributed by atoms with van der Waals surface area (Å²) >= 11 is 0. The number of rotatable bonds is 4. The van der Waals surface area contributed by atoms with Gasteiger partial charge in [0.2, 0.25) is 0 Å². The lowest BCUT2D eigenvalue weighted by molar-refractivity contribution is 0.0949. The maximum absolute atomic E-state index is 6.09. The van der Waals surface area contributed by atoms with Crippen molar-refractivity contribution in [2.24, 2.45) is 0 Å². The number of para-hydroxylation sites is 1. The van der Waals surface area contributed by atoms with Gasteiger partial charge in [-0.3, -0.25) is 0 Å². The zero-order valence-corrected chi connectivity index (χ0v) is 13.4. The minimum Gasteiger partial charge on any atom is -0.486 e. The van der Waals surface area contributed by atoms with E-state index in [4.69, 9.17) is 4.74 Å². The van der Waals surface area contributed by atoms with Crippen LogP contribution in [0.2, 0.25) is 0 Å². The molecule has 1 aromatic rings. The van der Waals surface area contributed by atoms with E-state index in [1.807, 2.05) is 0 Å². The average Bonchev–Trinajstić information content (AvgIpc) is 2.63. The lowest BCUT2D eigenvalue weighted by Crippen LogP contribution is -2.42. The highest BCUT2D eigenvalue weighted by Gasteiger charge is 2.40. The molecule has 0 spiro atoms. The quantitative estimate of drug-likeness (QED) is 0.919. The third kappa shape index (κ3) is 3.41. The molecule has 1 aromatic carbocycles. The van der Waals surface area contributed by atoms with Crippen molar-refractivity contribution in [3.05, 3.63) is 29.8 Å². The van der Waals surface area contributed by atoms with Crippen LogP contribution in [-0.2, 0) is 0 Å². The average molecular weight is 288 g/mol. The Bertz CT molecular complexity index is 464. The molecule has 0 radical (unpaired) electrons. The van der Waals surface area contributed by atoms with E-state index in [0.29, 0.717) is 6.04 Å². The van der Waals surface area contributed by atoms with Crippen molar-refractivity contribution in [2.75, 3.05) is 26.2 Å². The fourth-order valence-corrected chi connectivity index (χ4v) is 3.61. The lowest BCUT2D eigenvalue weighted by atomic mass is 9.94. The smallest absolute Gasteiger partial charge is 0.125 e. The molecule has 116 valence electrons. The summed E-state index contributed by atoms with van der Waals surface area (Å²) < 4.78 is 6.09. The summed E-state index contributed by atoms with van der Waals surface area (Å²) in [6, 6.07) is 8.71. The third-order valence-corrected chi connectivity index (χ3v) is 4.77. The summed E-state index contributed by atoms with van der Waals surface area (Å²) in [7, 11) is 0. The van der Waals surface area contributed by atoms with Crippen molar-refractivity contribution >= 4 is 0 Å². The van der Waals surface area contributed by atoms with Gasteiger partial charge in [-0.25, -0.2) is 0 Å². The Kier molecular flexibility index (Phi) is 4.51. The molecule has 0 saturated carbocycles. The summed E-state index contributed by atoms with van der Waals surface area (Å²) in [5.74, 6) is 1.04. The second-order valence-electron chi connectivity index (χ2n) is 6.89. The number of nitrogens with zero attached hydrogens (tertiary/aromatic N) is 1. The molecule has 3 heteroatoms. The van der Waals surface area contributed by atoms with E-state index in [1.165, 1.54) is 44.3 Å². The molecule has 0 aromatic heterocycles. The first kappa shape index (κ1) is 14.9. The summed E-state index contributed by atoms with van der Waals surface area (Å²) in [6.07, 6.45) is 5.53. The van der Waals surface area contributed by atoms with Crippen molar-refractivity contribution in [2.45, 2.75) is 51.2 Å². The van der Waals surface area contributed by atoms with E-state index in [1.54, 1.807) is 0 Å². The van der Waals surface area contributed by atoms with Gasteiger partial charge in [0.05, 0.1) is 6.04 Å². The number of ether oxygens (including phenoxy) is 1. The molecule has 2 aliphatic heterocycles. The van der Waals surface area contributed by atoms with Crippen LogP contribution in [0.3, 0.4) is 0 Å². The van der Waals surface area contributed by atoms with Crippen LogP contribution in [0.5, 0.6) is 5.75 Å². The van der Waals surface area contributed by atoms with Gasteiger partial charge in [-0.15, -0.1) is 0 Å². The second kappa shape index (κ2) is 6.37. The molecule has 1 fully saturated rings. The Balaban J connectivity index is 1.57. The molecule has 21 heavy (non-hydrogen) atoms. The number of fused-ring (bicyclic) bond motifs is 1. The Hall–Kier alpha value is -1.06. The molecule has 1 unspecified atom stereocenters. The highest BCUT2D eigenvalue weighted by Crippen LogP contribution is 2.42. The van der Waals surface area contributed by atoms with Gasteiger partial charge in [0, 0.05) is 18.7 Å². The molecule has 0 amide bonds. The standard InChI is InChI=1S/C18H28N2O/c1-18(2)17(15-9-5-6-10-16(15)21-18)19-11-14-20-12-7-3-4-8-13-20/h5-6,9-10,17,19H,3-4,7-8,11-14H2,1-2H3. The maximum Gasteiger partial charge on any atom is 0.125 e. The summed E-state index contributed by atoms with van der Waals surface area (Å²) in [5.41, 5.74) is 1.14.